The van der Waals surface area contributed by atoms with Gasteiger partial charge >= 0.3 is 5.97 Å². The van der Waals surface area contributed by atoms with Gasteiger partial charge in [0.1, 0.15) is 18.1 Å². The second-order valence-electron chi connectivity index (χ2n) is 9.00. The summed E-state index contributed by atoms with van der Waals surface area (Å²) in [5.41, 5.74) is 21.7. The first-order valence-electron chi connectivity index (χ1n) is 12.0. The summed E-state index contributed by atoms with van der Waals surface area (Å²) in [7, 11) is 0. The number of carbonyl (C=O) groups is 5. The van der Waals surface area contributed by atoms with Crippen molar-refractivity contribution in [2.45, 2.75) is 89.4 Å². The maximum absolute atomic E-state index is 13.0. The van der Waals surface area contributed by atoms with E-state index in [2.05, 4.69) is 16.0 Å². The van der Waals surface area contributed by atoms with Crippen molar-refractivity contribution in [3.8, 4) is 0 Å². The van der Waals surface area contributed by atoms with E-state index in [9.17, 15) is 29.1 Å². The van der Waals surface area contributed by atoms with Crippen molar-refractivity contribution < 1.29 is 29.1 Å². The van der Waals surface area contributed by atoms with Gasteiger partial charge in [-0.3, -0.25) is 19.2 Å². The molecule has 4 unspecified atom stereocenters. The fraction of sp³-hybridized carbons (Fsp3) is 0.773. The monoisotopic (exact) mass is 501 g/mol. The number of amides is 4. The highest BCUT2D eigenvalue weighted by molar-refractivity contribution is 5.95. The van der Waals surface area contributed by atoms with Crippen molar-refractivity contribution in [1.29, 1.82) is 0 Å². The van der Waals surface area contributed by atoms with Crippen LogP contribution in [0.3, 0.4) is 0 Å². The number of carboxylic acids is 1. The number of carboxylic acid groups (broad SMARTS) is 1. The van der Waals surface area contributed by atoms with E-state index in [4.69, 9.17) is 22.9 Å². The first-order chi connectivity index (χ1) is 16.4. The number of hydrogen-bond donors (Lipinski definition) is 8. The molecule has 0 rings (SSSR count). The molecule has 0 aromatic heterocycles. The van der Waals surface area contributed by atoms with Crippen LogP contribution in [-0.2, 0) is 24.0 Å². The van der Waals surface area contributed by atoms with Crippen LogP contribution in [0.4, 0.5) is 0 Å². The van der Waals surface area contributed by atoms with Crippen LogP contribution < -0.4 is 38.9 Å². The Balaban J connectivity index is 5.47. The molecule has 202 valence electrons. The number of carbonyl (C=O) groups excluding carboxylic acids is 4. The summed E-state index contributed by atoms with van der Waals surface area (Å²) >= 11 is 0. The first-order valence-corrected chi connectivity index (χ1v) is 12.0. The summed E-state index contributed by atoms with van der Waals surface area (Å²) < 4.78 is 0. The zero-order chi connectivity index (χ0) is 27.0. The Morgan fingerprint density at radius 1 is 0.743 bits per heavy atom. The second kappa shape index (κ2) is 17.6. The Morgan fingerprint density at radius 3 is 1.66 bits per heavy atom. The number of nitrogens with two attached hydrogens (primary N) is 4. The molecule has 0 fully saturated rings. The highest BCUT2D eigenvalue weighted by atomic mass is 16.4. The van der Waals surface area contributed by atoms with Gasteiger partial charge in [0.25, 0.3) is 0 Å². The Hall–Kier alpha value is -2.77. The molecule has 4 atom stereocenters. The van der Waals surface area contributed by atoms with E-state index in [0.29, 0.717) is 38.8 Å². The standard InChI is InChI=1S/C22H43N7O6/c1-13(2)11-17(21(33)28-16(22(34)35)8-4-6-10-24)29-20(32)15(7-3-5-9-23)27-19(31)14(25)12-18(26)30/h13-17H,3-12,23-25H2,1-2H3,(H2,26,30)(H,27,31)(H,28,33)(H,29,32)(H,34,35). The molecule has 0 saturated heterocycles. The molecule has 0 aliphatic heterocycles. The fourth-order valence-corrected chi connectivity index (χ4v) is 3.35. The maximum Gasteiger partial charge on any atom is 0.326 e. The molecular formula is C22H43N7O6. The van der Waals surface area contributed by atoms with Gasteiger partial charge in [-0.15, -0.1) is 0 Å². The molecule has 0 heterocycles. The van der Waals surface area contributed by atoms with Crippen LogP contribution >= 0.6 is 0 Å². The number of aliphatic carboxylic acids is 1. The summed E-state index contributed by atoms with van der Waals surface area (Å²) in [5.74, 6) is -3.93. The van der Waals surface area contributed by atoms with Gasteiger partial charge in [0.2, 0.25) is 23.6 Å². The van der Waals surface area contributed by atoms with Crippen molar-refractivity contribution in [1.82, 2.24) is 16.0 Å². The van der Waals surface area contributed by atoms with E-state index in [1.165, 1.54) is 0 Å². The van der Waals surface area contributed by atoms with Crippen molar-refractivity contribution in [3.63, 3.8) is 0 Å². The smallest absolute Gasteiger partial charge is 0.326 e. The van der Waals surface area contributed by atoms with Crippen molar-refractivity contribution in [2.75, 3.05) is 13.1 Å². The Morgan fingerprint density at radius 2 is 1.20 bits per heavy atom. The third-order valence-corrected chi connectivity index (χ3v) is 5.24. The maximum atomic E-state index is 13.0. The van der Waals surface area contributed by atoms with Crippen LogP contribution in [0, 0.1) is 5.92 Å². The Kier molecular flexibility index (Phi) is 16.2. The molecule has 13 heteroatoms. The molecule has 0 aromatic rings. The lowest BCUT2D eigenvalue weighted by Gasteiger charge is -2.26. The highest BCUT2D eigenvalue weighted by Gasteiger charge is 2.30. The largest absolute Gasteiger partial charge is 0.480 e. The summed E-state index contributed by atoms with van der Waals surface area (Å²) in [6, 6.07) is -4.40. The molecule has 0 aromatic carbocycles. The van der Waals surface area contributed by atoms with Crippen LogP contribution in [0.5, 0.6) is 0 Å². The quantitative estimate of drug-likeness (QED) is 0.0913. The lowest BCUT2D eigenvalue weighted by Crippen LogP contribution is -2.57. The van der Waals surface area contributed by atoms with Gasteiger partial charge in [-0.25, -0.2) is 4.79 Å². The van der Waals surface area contributed by atoms with Gasteiger partial charge in [-0.1, -0.05) is 13.8 Å². The van der Waals surface area contributed by atoms with E-state index < -0.39 is 53.8 Å². The zero-order valence-corrected chi connectivity index (χ0v) is 20.8. The molecule has 35 heavy (non-hydrogen) atoms. The molecule has 0 spiro atoms. The Bertz CT molecular complexity index is 704. The SMILES string of the molecule is CC(C)CC(NC(=O)C(CCCCN)NC(=O)C(N)CC(N)=O)C(=O)NC(CCCCN)C(=O)O. The van der Waals surface area contributed by atoms with Gasteiger partial charge in [0, 0.05) is 0 Å². The fourth-order valence-electron chi connectivity index (χ4n) is 3.35. The molecule has 0 aliphatic rings. The van der Waals surface area contributed by atoms with Gasteiger partial charge in [-0.05, 0) is 64.0 Å². The van der Waals surface area contributed by atoms with Gasteiger partial charge in [0.15, 0.2) is 0 Å². The van der Waals surface area contributed by atoms with Gasteiger partial charge in [-0.2, -0.15) is 0 Å². The third-order valence-electron chi connectivity index (χ3n) is 5.24. The summed E-state index contributed by atoms with van der Waals surface area (Å²) in [6.45, 7) is 4.51. The lowest BCUT2D eigenvalue weighted by molar-refractivity contribution is -0.142. The van der Waals surface area contributed by atoms with Crippen molar-refractivity contribution >= 4 is 29.6 Å². The number of rotatable bonds is 19. The number of hydrogen-bond acceptors (Lipinski definition) is 8. The van der Waals surface area contributed by atoms with Crippen LogP contribution in [-0.4, -0.2) is 72.0 Å². The number of unbranched alkanes of at least 4 members (excludes halogenated alkanes) is 2. The molecule has 4 amide bonds. The molecule has 13 nitrogen and oxygen atoms in total. The van der Waals surface area contributed by atoms with Gasteiger partial charge in [0.05, 0.1) is 12.5 Å². The molecule has 0 bridgehead atoms. The van der Waals surface area contributed by atoms with E-state index in [1.807, 2.05) is 13.8 Å². The molecule has 12 N–H and O–H groups in total. The van der Waals surface area contributed by atoms with Crippen LogP contribution in [0.25, 0.3) is 0 Å². The number of primary amides is 1. The van der Waals surface area contributed by atoms with Gasteiger partial charge < -0.3 is 44.0 Å². The minimum atomic E-state index is -1.23. The average Bonchev–Trinajstić information content (AvgIpc) is 2.76. The molecule has 0 radical (unpaired) electrons. The van der Waals surface area contributed by atoms with Crippen LogP contribution in [0.15, 0.2) is 0 Å². The summed E-state index contributed by atoms with van der Waals surface area (Å²) in [4.78, 5) is 61.0. The van der Waals surface area contributed by atoms with E-state index in [-0.39, 0.29) is 31.6 Å². The van der Waals surface area contributed by atoms with E-state index in [0.717, 1.165) is 0 Å². The molecule has 0 saturated carbocycles. The van der Waals surface area contributed by atoms with Crippen LogP contribution in [0.2, 0.25) is 0 Å². The lowest BCUT2D eigenvalue weighted by atomic mass is 10.0. The number of nitrogens with one attached hydrogen (secondary N) is 3. The predicted molar refractivity (Wildman–Crippen MR) is 130 cm³/mol. The zero-order valence-electron chi connectivity index (χ0n) is 20.8. The summed E-state index contributed by atoms with van der Waals surface area (Å²) in [5, 5.41) is 17.1. The van der Waals surface area contributed by atoms with E-state index >= 15 is 0 Å². The minimum absolute atomic E-state index is 0.000776. The second-order valence-corrected chi connectivity index (χ2v) is 9.00. The normalized spacial score (nSPS) is 14.5. The molecular weight excluding hydrogens is 458 g/mol. The molecule has 0 aliphatic carbocycles. The average molecular weight is 502 g/mol. The predicted octanol–water partition coefficient (Wildman–Crippen LogP) is -1.97. The van der Waals surface area contributed by atoms with Crippen LogP contribution in [0.1, 0.15) is 65.2 Å². The Labute approximate surface area is 206 Å². The highest BCUT2D eigenvalue weighted by Crippen LogP contribution is 2.09. The minimum Gasteiger partial charge on any atom is -0.480 e. The van der Waals surface area contributed by atoms with Crippen molar-refractivity contribution in [2.24, 2.45) is 28.9 Å². The third kappa shape index (κ3) is 14.3. The first kappa shape index (κ1) is 32.2. The topological polar surface area (TPSA) is 246 Å². The van der Waals surface area contributed by atoms with E-state index in [1.54, 1.807) is 0 Å². The van der Waals surface area contributed by atoms with Crippen molar-refractivity contribution in [3.05, 3.63) is 0 Å². The summed E-state index contributed by atoms with van der Waals surface area (Å²) in [6.07, 6.45) is 2.55.